The van der Waals surface area contributed by atoms with Gasteiger partial charge in [-0.25, -0.2) is 13.4 Å². The molecule has 2 rings (SSSR count). The molecular weight excluding hydrogens is 270 g/mol. The molecule has 0 unspecified atom stereocenters. The van der Waals surface area contributed by atoms with Gasteiger partial charge in [0.05, 0.1) is 4.90 Å². The molecule has 1 heterocycles. The summed E-state index contributed by atoms with van der Waals surface area (Å²) in [6.45, 7) is 0. The van der Waals surface area contributed by atoms with Crippen LogP contribution in [0.2, 0.25) is 0 Å². The van der Waals surface area contributed by atoms with E-state index in [0.29, 0.717) is 5.03 Å². The van der Waals surface area contributed by atoms with Crippen molar-refractivity contribution in [1.82, 2.24) is 4.98 Å². The van der Waals surface area contributed by atoms with Gasteiger partial charge in [0.25, 0.3) is 0 Å². The van der Waals surface area contributed by atoms with Gasteiger partial charge in [0.15, 0.2) is 9.84 Å². The van der Waals surface area contributed by atoms with Crippen LogP contribution in [-0.2, 0) is 9.84 Å². The predicted molar refractivity (Wildman–Crippen MR) is 69.6 cm³/mol. The van der Waals surface area contributed by atoms with Gasteiger partial charge in [-0.05, 0) is 30.3 Å². The SMILES string of the molecule is CS(=O)(=O)c1cccnc1Sc1cccc(O)c1. The van der Waals surface area contributed by atoms with E-state index in [1.807, 2.05) is 0 Å². The molecule has 0 atom stereocenters. The summed E-state index contributed by atoms with van der Waals surface area (Å²) in [6, 6.07) is 9.70. The Labute approximate surface area is 110 Å². The Morgan fingerprint density at radius 3 is 2.67 bits per heavy atom. The molecule has 4 nitrogen and oxygen atoms in total. The standard InChI is InChI=1S/C12H11NO3S2/c1-18(15,16)11-6-3-7-13-12(11)17-10-5-2-4-9(14)8-10/h2-8,14H,1H3. The zero-order valence-corrected chi connectivity index (χ0v) is 11.2. The van der Waals surface area contributed by atoms with Crippen molar-refractivity contribution in [3.8, 4) is 5.75 Å². The van der Waals surface area contributed by atoms with Crippen LogP contribution in [0.15, 0.2) is 57.4 Å². The lowest BCUT2D eigenvalue weighted by atomic mass is 10.3. The Kier molecular flexibility index (Phi) is 3.58. The summed E-state index contributed by atoms with van der Waals surface area (Å²) in [4.78, 5) is 5.00. The van der Waals surface area contributed by atoms with E-state index < -0.39 is 9.84 Å². The fourth-order valence-corrected chi connectivity index (χ4v) is 3.50. The highest BCUT2D eigenvalue weighted by Crippen LogP contribution is 2.32. The molecule has 0 spiro atoms. The molecule has 0 fully saturated rings. The number of hydrogen-bond acceptors (Lipinski definition) is 5. The van der Waals surface area contributed by atoms with Gasteiger partial charge in [0, 0.05) is 17.3 Å². The van der Waals surface area contributed by atoms with Crippen LogP contribution >= 0.6 is 11.8 Å². The number of phenols is 1. The third-order valence-electron chi connectivity index (χ3n) is 2.17. The highest BCUT2D eigenvalue weighted by molar-refractivity contribution is 8.00. The number of nitrogens with zero attached hydrogens (tertiary/aromatic N) is 1. The van der Waals surface area contributed by atoms with Crippen molar-refractivity contribution in [2.24, 2.45) is 0 Å². The molecule has 1 N–H and O–H groups in total. The molecule has 0 amide bonds. The summed E-state index contributed by atoms with van der Waals surface area (Å²) in [6.07, 6.45) is 2.69. The summed E-state index contributed by atoms with van der Waals surface area (Å²) in [5.41, 5.74) is 0. The van der Waals surface area contributed by atoms with Crippen molar-refractivity contribution in [3.63, 3.8) is 0 Å². The molecular formula is C12H11NO3S2. The first-order valence-corrected chi connectivity index (χ1v) is 7.79. The number of benzene rings is 1. The lowest BCUT2D eigenvalue weighted by Crippen LogP contribution is -2.00. The minimum atomic E-state index is -3.31. The summed E-state index contributed by atoms with van der Waals surface area (Å²) < 4.78 is 23.2. The van der Waals surface area contributed by atoms with Gasteiger partial charge in [-0.2, -0.15) is 0 Å². The lowest BCUT2D eigenvalue weighted by Gasteiger charge is -2.06. The molecule has 0 aliphatic heterocycles. The Morgan fingerprint density at radius 1 is 1.22 bits per heavy atom. The maximum Gasteiger partial charge on any atom is 0.178 e. The molecule has 6 heteroatoms. The Balaban J connectivity index is 2.41. The van der Waals surface area contributed by atoms with Crippen LogP contribution < -0.4 is 0 Å². The van der Waals surface area contributed by atoms with E-state index >= 15 is 0 Å². The van der Waals surface area contributed by atoms with E-state index in [-0.39, 0.29) is 10.6 Å². The van der Waals surface area contributed by atoms with Gasteiger partial charge >= 0.3 is 0 Å². The van der Waals surface area contributed by atoms with Crippen molar-refractivity contribution < 1.29 is 13.5 Å². The smallest absolute Gasteiger partial charge is 0.178 e. The van der Waals surface area contributed by atoms with Crippen LogP contribution in [0.1, 0.15) is 0 Å². The number of pyridine rings is 1. The summed E-state index contributed by atoms with van der Waals surface area (Å²) >= 11 is 1.20. The number of aromatic nitrogens is 1. The molecule has 18 heavy (non-hydrogen) atoms. The first-order chi connectivity index (χ1) is 8.47. The second kappa shape index (κ2) is 4.99. The van der Waals surface area contributed by atoms with Gasteiger partial charge in [0.1, 0.15) is 10.8 Å². The maximum absolute atomic E-state index is 11.6. The van der Waals surface area contributed by atoms with Crippen LogP contribution in [0.4, 0.5) is 0 Å². The fraction of sp³-hybridized carbons (Fsp3) is 0.0833. The van der Waals surface area contributed by atoms with Gasteiger partial charge in [0.2, 0.25) is 0 Å². The summed E-state index contributed by atoms with van der Waals surface area (Å²) in [5.74, 6) is 0.136. The molecule has 0 radical (unpaired) electrons. The number of sulfone groups is 1. The molecule has 0 aliphatic rings. The number of hydrogen-bond donors (Lipinski definition) is 1. The van der Waals surface area contributed by atoms with E-state index in [0.717, 1.165) is 11.2 Å². The van der Waals surface area contributed by atoms with Crippen molar-refractivity contribution >= 4 is 21.6 Å². The second-order valence-electron chi connectivity index (χ2n) is 3.68. The third-order valence-corrected chi connectivity index (χ3v) is 4.43. The first kappa shape index (κ1) is 12.9. The van der Waals surface area contributed by atoms with Crippen LogP contribution in [0.5, 0.6) is 5.75 Å². The van der Waals surface area contributed by atoms with Crippen LogP contribution in [-0.4, -0.2) is 24.8 Å². The molecule has 1 aromatic carbocycles. The molecule has 0 bridgehead atoms. The van der Waals surface area contributed by atoms with Gasteiger partial charge < -0.3 is 5.11 Å². The number of phenolic OH excluding ortho intramolecular Hbond substituents is 1. The molecule has 0 saturated carbocycles. The average Bonchev–Trinajstić information content (AvgIpc) is 2.28. The zero-order valence-electron chi connectivity index (χ0n) is 9.57. The van der Waals surface area contributed by atoms with E-state index in [9.17, 15) is 13.5 Å². The molecule has 1 aromatic heterocycles. The second-order valence-corrected chi connectivity index (χ2v) is 6.72. The quantitative estimate of drug-likeness (QED) is 0.935. The summed E-state index contributed by atoms with van der Waals surface area (Å²) in [5, 5.41) is 9.78. The Hall–Kier alpha value is -1.53. The highest BCUT2D eigenvalue weighted by Gasteiger charge is 2.14. The topological polar surface area (TPSA) is 67.3 Å². The van der Waals surface area contributed by atoms with E-state index in [1.54, 1.807) is 36.5 Å². The predicted octanol–water partition coefficient (Wildman–Crippen LogP) is 2.34. The van der Waals surface area contributed by atoms with Gasteiger partial charge in [-0.15, -0.1) is 0 Å². The monoisotopic (exact) mass is 281 g/mol. The number of rotatable bonds is 3. The van der Waals surface area contributed by atoms with Crippen molar-refractivity contribution in [2.75, 3.05) is 6.26 Å². The third kappa shape index (κ3) is 3.02. The minimum absolute atomic E-state index is 0.136. The Bertz CT molecular complexity index is 669. The molecule has 0 saturated heterocycles. The highest BCUT2D eigenvalue weighted by atomic mass is 32.2. The lowest BCUT2D eigenvalue weighted by molar-refractivity contribution is 0.474. The fourth-order valence-electron chi connectivity index (χ4n) is 1.39. The van der Waals surface area contributed by atoms with Crippen molar-refractivity contribution in [1.29, 1.82) is 0 Å². The van der Waals surface area contributed by atoms with Crippen LogP contribution in [0, 0.1) is 0 Å². The van der Waals surface area contributed by atoms with E-state index in [2.05, 4.69) is 4.98 Å². The van der Waals surface area contributed by atoms with Crippen molar-refractivity contribution in [2.45, 2.75) is 14.8 Å². The van der Waals surface area contributed by atoms with Gasteiger partial charge in [-0.1, -0.05) is 17.8 Å². The minimum Gasteiger partial charge on any atom is -0.508 e. The average molecular weight is 281 g/mol. The van der Waals surface area contributed by atoms with Gasteiger partial charge in [-0.3, -0.25) is 0 Å². The van der Waals surface area contributed by atoms with Crippen LogP contribution in [0.25, 0.3) is 0 Å². The normalized spacial score (nSPS) is 11.4. The summed E-state index contributed by atoms with van der Waals surface area (Å²) in [7, 11) is -3.31. The zero-order chi connectivity index (χ0) is 13.2. The van der Waals surface area contributed by atoms with Crippen LogP contribution in [0.3, 0.4) is 0 Å². The maximum atomic E-state index is 11.6. The first-order valence-electron chi connectivity index (χ1n) is 5.09. The largest absolute Gasteiger partial charge is 0.508 e. The Morgan fingerprint density at radius 2 is 2.00 bits per heavy atom. The van der Waals surface area contributed by atoms with E-state index in [1.165, 1.54) is 17.8 Å². The molecule has 94 valence electrons. The van der Waals surface area contributed by atoms with E-state index in [4.69, 9.17) is 0 Å². The molecule has 2 aromatic rings. The molecule has 0 aliphatic carbocycles. The van der Waals surface area contributed by atoms with Crippen molar-refractivity contribution in [3.05, 3.63) is 42.6 Å². The number of aromatic hydroxyl groups is 1.